The number of ether oxygens (including phenoxy) is 1. The maximum Gasteiger partial charge on any atom is 0.434 e. The zero-order valence-corrected chi connectivity index (χ0v) is 17.2. The molecule has 2 N–H and O–H groups in total. The normalized spacial score (nSPS) is 13.0. The van der Waals surface area contributed by atoms with Gasteiger partial charge in [-0.1, -0.05) is 28.4 Å². The molecular formula is C18H12Cl2F3N5O4. The molecule has 0 saturated carbocycles. The fraction of sp³-hybridized carbons (Fsp3) is 0.222. The molecule has 3 aromatic heterocycles. The highest BCUT2D eigenvalue weighted by Gasteiger charge is 2.33. The third-order valence-electron chi connectivity index (χ3n) is 4.18. The van der Waals surface area contributed by atoms with E-state index >= 15 is 0 Å². The van der Waals surface area contributed by atoms with Crippen LogP contribution in [0.5, 0.6) is 5.75 Å². The van der Waals surface area contributed by atoms with E-state index in [2.05, 4.69) is 20.1 Å². The highest BCUT2D eigenvalue weighted by Crippen LogP contribution is 2.36. The minimum atomic E-state index is -4.60. The molecule has 1 aromatic carbocycles. The van der Waals surface area contributed by atoms with Gasteiger partial charge in [-0.3, -0.25) is 0 Å². The van der Waals surface area contributed by atoms with E-state index in [0.717, 1.165) is 16.8 Å². The molecule has 1 unspecified atom stereocenters. The predicted molar refractivity (Wildman–Crippen MR) is 105 cm³/mol. The highest BCUT2D eigenvalue weighted by molar-refractivity contribution is 6.36. The largest absolute Gasteiger partial charge is 0.489 e. The lowest BCUT2D eigenvalue weighted by atomic mass is 10.2. The minimum Gasteiger partial charge on any atom is -0.489 e. The van der Waals surface area contributed by atoms with Crippen LogP contribution in [0.4, 0.5) is 13.2 Å². The number of rotatable bonds is 6. The fourth-order valence-electron chi connectivity index (χ4n) is 2.63. The molecule has 0 saturated heterocycles. The second-order valence-corrected chi connectivity index (χ2v) is 7.31. The molecule has 0 radical (unpaired) electrons. The van der Waals surface area contributed by atoms with Crippen LogP contribution < -0.4 is 4.74 Å². The lowest BCUT2D eigenvalue weighted by molar-refractivity contribution is -0.141. The Labute approximate surface area is 187 Å². The zero-order valence-electron chi connectivity index (χ0n) is 15.7. The monoisotopic (exact) mass is 489 g/mol. The standard InChI is InChI=1S/C18H12Cl2F3N5O4/c19-10-2-13(31-7-8(30)6-29)11(20)1-9(10)16-26-17(32-27-16)12-4-28-5-14(18(21,22)23)24-3-15(28)25-12/h1-5,8,29-30H,6-7H2. The van der Waals surface area contributed by atoms with Crippen molar-refractivity contribution in [2.75, 3.05) is 13.2 Å². The van der Waals surface area contributed by atoms with E-state index in [4.69, 9.17) is 37.6 Å². The van der Waals surface area contributed by atoms with Crippen molar-refractivity contribution >= 4 is 28.8 Å². The molecule has 1 atom stereocenters. The second kappa shape index (κ2) is 8.54. The summed E-state index contributed by atoms with van der Waals surface area (Å²) in [5, 5.41) is 22.3. The lowest BCUT2D eigenvalue weighted by Crippen LogP contribution is -2.21. The maximum atomic E-state index is 12.8. The Morgan fingerprint density at radius 1 is 1.16 bits per heavy atom. The molecule has 32 heavy (non-hydrogen) atoms. The molecule has 0 amide bonds. The number of aliphatic hydroxyl groups is 2. The Bertz CT molecular complexity index is 1280. The topological polar surface area (TPSA) is 119 Å². The molecule has 4 aromatic rings. The SMILES string of the molecule is OCC(O)COc1cc(Cl)c(-c2noc(-c3cn4cc(C(F)(F)F)ncc4n3)n2)cc1Cl. The summed E-state index contributed by atoms with van der Waals surface area (Å²) in [5.41, 5.74) is -0.493. The number of aromatic nitrogens is 5. The molecule has 168 valence electrons. The van der Waals surface area contributed by atoms with Crippen molar-refractivity contribution < 1.29 is 32.6 Å². The molecule has 9 nitrogen and oxygen atoms in total. The Morgan fingerprint density at radius 2 is 1.94 bits per heavy atom. The van der Waals surface area contributed by atoms with E-state index in [1.165, 1.54) is 18.3 Å². The van der Waals surface area contributed by atoms with E-state index < -0.39 is 24.6 Å². The first-order valence-electron chi connectivity index (χ1n) is 8.83. The van der Waals surface area contributed by atoms with Crippen molar-refractivity contribution in [3.63, 3.8) is 0 Å². The Morgan fingerprint density at radius 3 is 2.66 bits per heavy atom. The van der Waals surface area contributed by atoms with E-state index in [1.807, 2.05) is 0 Å². The van der Waals surface area contributed by atoms with Gasteiger partial charge in [0.2, 0.25) is 5.82 Å². The van der Waals surface area contributed by atoms with Crippen molar-refractivity contribution in [3.8, 4) is 28.7 Å². The summed E-state index contributed by atoms with van der Waals surface area (Å²) < 4.78 is 50.2. The van der Waals surface area contributed by atoms with Crippen LogP contribution in [0.25, 0.3) is 28.6 Å². The average Bonchev–Trinajstić information content (AvgIpc) is 3.39. The number of halogens is 5. The molecule has 4 rings (SSSR count). The van der Waals surface area contributed by atoms with E-state index in [0.29, 0.717) is 5.56 Å². The molecule has 0 bridgehead atoms. The third-order valence-corrected chi connectivity index (χ3v) is 4.79. The van der Waals surface area contributed by atoms with Gasteiger partial charge in [0, 0.05) is 24.0 Å². The van der Waals surface area contributed by atoms with Crippen LogP contribution >= 0.6 is 23.2 Å². The number of benzene rings is 1. The molecule has 3 heterocycles. The summed E-state index contributed by atoms with van der Waals surface area (Å²) >= 11 is 12.4. The second-order valence-electron chi connectivity index (χ2n) is 6.49. The van der Waals surface area contributed by atoms with Crippen molar-refractivity contribution in [2.24, 2.45) is 0 Å². The van der Waals surface area contributed by atoms with E-state index in [1.54, 1.807) is 0 Å². The fourth-order valence-corrected chi connectivity index (χ4v) is 3.09. The van der Waals surface area contributed by atoms with Crippen molar-refractivity contribution in [1.29, 1.82) is 0 Å². The Balaban J connectivity index is 1.62. The van der Waals surface area contributed by atoms with E-state index in [9.17, 15) is 18.3 Å². The summed E-state index contributed by atoms with van der Waals surface area (Å²) in [6, 6.07) is 2.80. The average molecular weight is 490 g/mol. The summed E-state index contributed by atoms with van der Waals surface area (Å²) in [5.74, 6) is 0.167. The number of imidazole rings is 1. The number of nitrogens with zero attached hydrogens (tertiary/aromatic N) is 5. The molecule has 14 heteroatoms. The van der Waals surface area contributed by atoms with Crippen molar-refractivity contribution in [1.82, 2.24) is 24.5 Å². The van der Waals surface area contributed by atoms with Gasteiger partial charge in [0.05, 0.1) is 22.8 Å². The lowest BCUT2D eigenvalue weighted by Gasteiger charge is -2.12. The molecule has 0 fully saturated rings. The van der Waals surface area contributed by atoms with Crippen molar-refractivity contribution in [2.45, 2.75) is 12.3 Å². The highest BCUT2D eigenvalue weighted by atomic mass is 35.5. The van der Waals surface area contributed by atoms with Gasteiger partial charge >= 0.3 is 6.18 Å². The first-order chi connectivity index (χ1) is 15.2. The van der Waals surface area contributed by atoms with Crippen LogP contribution in [0, 0.1) is 0 Å². The smallest absolute Gasteiger partial charge is 0.434 e. The molecule has 0 aliphatic rings. The summed E-state index contributed by atoms with van der Waals surface area (Å²) in [7, 11) is 0. The van der Waals surface area contributed by atoms with Crippen molar-refractivity contribution in [3.05, 3.63) is 46.5 Å². The van der Waals surface area contributed by atoms with Crippen LogP contribution in [-0.2, 0) is 6.18 Å². The summed E-state index contributed by atoms with van der Waals surface area (Å²) in [6.45, 7) is -0.678. The van der Waals surface area contributed by atoms with Crippen LogP contribution in [0.3, 0.4) is 0 Å². The molecule has 0 aliphatic heterocycles. The zero-order chi connectivity index (χ0) is 23.0. The van der Waals surface area contributed by atoms with Gasteiger partial charge in [0.25, 0.3) is 5.89 Å². The van der Waals surface area contributed by atoms with Gasteiger partial charge in [-0.15, -0.1) is 0 Å². The Kier molecular flexibility index (Phi) is 5.95. The van der Waals surface area contributed by atoms with E-state index in [-0.39, 0.29) is 45.5 Å². The summed E-state index contributed by atoms with van der Waals surface area (Å²) in [6.07, 6.45) is -2.61. The molecule has 0 spiro atoms. The number of aliphatic hydroxyl groups excluding tert-OH is 2. The molecular weight excluding hydrogens is 478 g/mol. The maximum absolute atomic E-state index is 12.8. The van der Waals surface area contributed by atoms with Gasteiger partial charge in [-0.05, 0) is 6.07 Å². The third kappa shape index (κ3) is 4.48. The quantitative estimate of drug-likeness (QED) is 0.422. The first kappa shape index (κ1) is 22.3. The van der Waals surface area contributed by atoms with Gasteiger partial charge in [0.15, 0.2) is 11.3 Å². The number of alkyl halides is 3. The van der Waals surface area contributed by atoms with Gasteiger partial charge in [-0.25, -0.2) is 9.97 Å². The van der Waals surface area contributed by atoms with Crippen LogP contribution in [0.15, 0.2) is 35.2 Å². The van der Waals surface area contributed by atoms with Crippen LogP contribution in [0.1, 0.15) is 5.69 Å². The molecule has 0 aliphatic carbocycles. The minimum absolute atomic E-state index is 0.0556. The van der Waals surface area contributed by atoms with Gasteiger partial charge in [0.1, 0.15) is 24.2 Å². The number of hydrogen-bond donors (Lipinski definition) is 2. The van der Waals surface area contributed by atoms with Crippen LogP contribution in [0.2, 0.25) is 10.0 Å². The summed E-state index contributed by atoms with van der Waals surface area (Å²) in [4.78, 5) is 11.7. The van der Waals surface area contributed by atoms with Crippen LogP contribution in [-0.4, -0.2) is 54.0 Å². The first-order valence-corrected chi connectivity index (χ1v) is 9.58. The van der Waals surface area contributed by atoms with Gasteiger partial charge in [-0.2, -0.15) is 18.2 Å². The van der Waals surface area contributed by atoms with Gasteiger partial charge < -0.3 is 23.9 Å². The number of hydrogen-bond acceptors (Lipinski definition) is 8. The predicted octanol–water partition coefficient (Wildman–Crippen LogP) is 3.50. The number of fused-ring (bicyclic) bond motifs is 1. The Hall–Kier alpha value is -2.93.